The second-order valence-electron chi connectivity index (χ2n) is 11.9. The predicted octanol–water partition coefficient (Wildman–Crippen LogP) is 6.08. The number of fused-ring (bicyclic) bond motifs is 2. The van der Waals surface area contributed by atoms with E-state index >= 15 is 0 Å². The molecule has 38 heavy (non-hydrogen) atoms. The highest BCUT2D eigenvalue weighted by Crippen LogP contribution is 2.52. The number of rotatable bonds is 8. The Kier molecular flexibility index (Phi) is 6.12. The van der Waals surface area contributed by atoms with Crippen molar-refractivity contribution in [2.45, 2.75) is 90.1 Å². The van der Waals surface area contributed by atoms with Crippen LogP contribution in [0.3, 0.4) is 0 Å². The van der Waals surface area contributed by atoms with Gasteiger partial charge in [-0.05, 0) is 73.3 Å². The van der Waals surface area contributed by atoms with Crippen LogP contribution in [-0.4, -0.2) is 30.0 Å². The largest absolute Gasteiger partial charge is 0.280 e. The number of nitrogens with zero attached hydrogens (tertiary/aromatic N) is 5. The van der Waals surface area contributed by atoms with Gasteiger partial charge in [0.15, 0.2) is 0 Å². The minimum Gasteiger partial charge on any atom is -0.280 e. The molecule has 7 nitrogen and oxygen atoms in total. The van der Waals surface area contributed by atoms with Crippen molar-refractivity contribution < 1.29 is 0 Å². The van der Waals surface area contributed by atoms with Crippen LogP contribution >= 0.6 is 0 Å². The Hall–Kier alpha value is -3.48. The van der Waals surface area contributed by atoms with Gasteiger partial charge >= 0.3 is 0 Å². The van der Waals surface area contributed by atoms with Crippen LogP contribution in [0.4, 0.5) is 0 Å². The summed E-state index contributed by atoms with van der Waals surface area (Å²) < 4.78 is 4.70. The fraction of sp³-hybridized carbons (Fsp3) is 0.484. The molecule has 7 rings (SSSR count). The molecule has 0 saturated heterocycles. The summed E-state index contributed by atoms with van der Waals surface area (Å²) in [4.78, 5) is 14.2. The number of nitrogens with one attached hydrogen (secondary N) is 1. The van der Waals surface area contributed by atoms with Gasteiger partial charge in [-0.2, -0.15) is 5.21 Å². The van der Waals surface area contributed by atoms with E-state index < -0.39 is 0 Å². The molecule has 4 aromatic rings. The van der Waals surface area contributed by atoms with E-state index in [0.717, 1.165) is 67.2 Å². The molecule has 4 heterocycles. The first kappa shape index (κ1) is 24.8. The van der Waals surface area contributed by atoms with Crippen LogP contribution in [0.25, 0.3) is 22.5 Å². The van der Waals surface area contributed by atoms with E-state index in [2.05, 4.69) is 88.0 Å². The van der Waals surface area contributed by atoms with E-state index in [4.69, 9.17) is 0 Å². The van der Waals surface area contributed by atoms with E-state index in [-0.39, 0.29) is 16.6 Å². The molecule has 1 aliphatic carbocycles. The number of H-pyrrole nitrogens is 1. The van der Waals surface area contributed by atoms with Crippen LogP contribution in [0, 0.1) is 5.92 Å². The predicted molar refractivity (Wildman–Crippen MR) is 150 cm³/mol. The molecule has 0 unspecified atom stereocenters. The topological polar surface area (TPSA) is 81.4 Å². The highest BCUT2D eigenvalue weighted by Gasteiger charge is 2.53. The Balaban J connectivity index is 1.40. The van der Waals surface area contributed by atoms with Crippen molar-refractivity contribution in [3.63, 3.8) is 0 Å². The fourth-order valence-electron chi connectivity index (χ4n) is 7.02. The maximum atomic E-state index is 14.2. The molecule has 0 radical (unpaired) electrons. The summed E-state index contributed by atoms with van der Waals surface area (Å²) in [5, 5.41) is 14.6. The van der Waals surface area contributed by atoms with Gasteiger partial charge in [-0.3, -0.25) is 9.48 Å². The van der Waals surface area contributed by atoms with E-state index in [1.165, 1.54) is 11.3 Å². The molecule has 2 aromatic heterocycles. The third-order valence-corrected chi connectivity index (χ3v) is 9.38. The minimum absolute atomic E-state index is 0.0415. The van der Waals surface area contributed by atoms with Crippen molar-refractivity contribution in [1.82, 2.24) is 30.0 Å². The summed E-state index contributed by atoms with van der Waals surface area (Å²) in [5.74, 6) is 1.02. The summed E-state index contributed by atoms with van der Waals surface area (Å²) >= 11 is 0. The maximum Gasteiger partial charge on any atom is 0.271 e. The van der Waals surface area contributed by atoms with Crippen molar-refractivity contribution in [1.29, 1.82) is 0 Å². The SMILES string of the molecule is CCCCc1c(Cc2ccc(-c3ccccc3-c3nn[nH]n3)cc2)c(=O)n2n1C1(C)CCC2(C(C)C)CC1. The summed E-state index contributed by atoms with van der Waals surface area (Å²) in [6.07, 6.45) is 8.39. The number of hydrogen-bond acceptors (Lipinski definition) is 4. The van der Waals surface area contributed by atoms with Crippen molar-refractivity contribution in [2.24, 2.45) is 5.92 Å². The molecule has 2 aromatic carbocycles. The van der Waals surface area contributed by atoms with Gasteiger partial charge in [0.25, 0.3) is 5.56 Å². The van der Waals surface area contributed by atoms with Crippen LogP contribution in [0.1, 0.15) is 83.0 Å². The minimum atomic E-state index is -0.0587. The average molecular weight is 511 g/mol. The number of benzene rings is 2. The van der Waals surface area contributed by atoms with E-state index in [1.807, 2.05) is 18.2 Å². The molecule has 2 aliphatic heterocycles. The van der Waals surface area contributed by atoms with E-state index in [0.29, 0.717) is 18.2 Å². The van der Waals surface area contributed by atoms with Gasteiger partial charge < -0.3 is 0 Å². The third kappa shape index (κ3) is 3.77. The van der Waals surface area contributed by atoms with Crippen LogP contribution in [-0.2, 0) is 23.9 Å². The molecule has 1 saturated carbocycles. The van der Waals surface area contributed by atoms with Gasteiger partial charge in [0.1, 0.15) is 0 Å². The lowest BCUT2D eigenvalue weighted by atomic mass is 9.66. The molecule has 0 spiro atoms. The van der Waals surface area contributed by atoms with Crippen molar-refractivity contribution in [2.75, 3.05) is 0 Å². The van der Waals surface area contributed by atoms with Crippen molar-refractivity contribution in [3.8, 4) is 22.5 Å². The lowest BCUT2D eigenvalue weighted by Crippen LogP contribution is -2.60. The van der Waals surface area contributed by atoms with Gasteiger partial charge in [-0.15, -0.1) is 10.2 Å². The lowest BCUT2D eigenvalue weighted by Gasteiger charge is -2.56. The van der Waals surface area contributed by atoms with Crippen LogP contribution in [0.2, 0.25) is 0 Å². The van der Waals surface area contributed by atoms with E-state index in [9.17, 15) is 4.79 Å². The number of tetrazole rings is 1. The lowest BCUT2D eigenvalue weighted by molar-refractivity contribution is -0.0421. The number of hydrogen-bond donors (Lipinski definition) is 1. The first-order chi connectivity index (χ1) is 18.4. The maximum absolute atomic E-state index is 14.2. The normalized spacial score (nSPS) is 22.2. The number of unbranched alkanes of at least 4 members (excludes halogenated alkanes) is 1. The zero-order valence-electron chi connectivity index (χ0n) is 23.0. The van der Waals surface area contributed by atoms with Crippen LogP contribution < -0.4 is 5.56 Å². The standard InChI is InChI=1S/C31H38N6O/c1-5-6-11-27-26(29(38)37-31(21(2)3)18-16-30(4,17-19-31)36(27)37)20-22-12-14-23(15-13-22)24-9-7-8-10-25(24)28-32-34-35-33-28/h7-10,12-15,21H,5-6,11,16-20H2,1-4H3,(H,32,33,34,35). The van der Waals surface area contributed by atoms with Gasteiger partial charge in [0.05, 0.1) is 11.1 Å². The highest BCUT2D eigenvalue weighted by atomic mass is 16.1. The molecule has 7 heteroatoms. The molecule has 198 valence electrons. The van der Waals surface area contributed by atoms with Gasteiger partial charge in [-0.1, -0.05) is 75.7 Å². The summed E-state index contributed by atoms with van der Waals surface area (Å²) in [6.45, 7) is 9.21. The number of aromatic nitrogens is 6. The third-order valence-electron chi connectivity index (χ3n) is 9.38. The van der Waals surface area contributed by atoms with Crippen LogP contribution in [0.15, 0.2) is 53.3 Å². The summed E-state index contributed by atoms with van der Waals surface area (Å²) in [7, 11) is 0. The summed E-state index contributed by atoms with van der Waals surface area (Å²) in [5.41, 5.74) is 6.76. The molecule has 0 atom stereocenters. The second kappa shape index (κ2) is 9.37. The Morgan fingerprint density at radius 3 is 2.32 bits per heavy atom. The van der Waals surface area contributed by atoms with Gasteiger partial charge in [0, 0.05) is 23.2 Å². The number of aromatic amines is 1. The molecule has 3 aliphatic rings. The average Bonchev–Trinajstić information content (AvgIpc) is 3.57. The first-order valence-corrected chi connectivity index (χ1v) is 14.2. The molecule has 2 bridgehead atoms. The smallest absolute Gasteiger partial charge is 0.271 e. The molecular formula is C31H38N6O. The Labute approximate surface area is 224 Å². The fourth-order valence-corrected chi connectivity index (χ4v) is 7.02. The van der Waals surface area contributed by atoms with Gasteiger partial charge in [-0.25, -0.2) is 4.68 Å². The quantitative estimate of drug-likeness (QED) is 0.311. The molecule has 1 N–H and O–H groups in total. The monoisotopic (exact) mass is 510 g/mol. The van der Waals surface area contributed by atoms with Gasteiger partial charge in [0.2, 0.25) is 5.82 Å². The summed E-state index contributed by atoms with van der Waals surface area (Å²) in [6, 6.07) is 16.7. The van der Waals surface area contributed by atoms with Crippen LogP contribution in [0.5, 0.6) is 0 Å². The zero-order valence-corrected chi connectivity index (χ0v) is 23.0. The van der Waals surface area contributed by atoms with E-state index in [1.54, 1.807) is 0 Å². The van der Waals surface area contributed by atoms with Crippen molar-refractivity contribution in [3.05, 3.63) is 75.7 Å². The highest BCUT2D eigenvalue weighted by molar-refractivity contribution is 5.80. The Morgan fingerprint density at radius 1 is 0.974 bits per heavy atom. The Bertz CT molecular complexity index is 1480. The zero-order chi connectivity index (χ0) is 26.5. The molecule has 1 fully saturated rings. The Morgan fingerprint density at radius 2 is 1.68 bits per heavy atom. The van der Waals surface area contributed by atoms with Crippen molar-refractivity contribution >= 4 is 0 Å². The molecular weight excluding hydrogens is 472 g/mol. The second-order valence-corrected chi connectivity index (χ2v) is 11.9. The first-order valence-electron chi connectivity index (χ1n) is 14.2. The molecule has 0 amide bonds.